The highest BCUT2D eigenvalue weighted by Gasteiger charge is 2.32. The minimum atomic E-state index is -0.372. The van der Waals surface area contributed by atoms with Gasteiger partial charge in [-0.3, -0.25) is 4.79 Å². The lowest BCUT2D eigenvalue weighted by molar-refractivity contribution is 0.0604. The molecule has 3 aliphatic rings. The number of fused-ring (bicyclic) bond motifs is 4. The molecular formula is C27H34FN7O. The monoisotopic (exact) mass is 491 g/mol. The largest absolute Gasteiger partial charge is 0.358 e. The van der Waals surface area contributed by atoms with E-state index < -0.39 is 0 Å². The van der Waals surface area contributed by atoms with Gasteiger partial charge in [0.1, 0.15) is 17.5 Å². The van der Waals surface area contributed by atoms with Gasteiger partial charge < -0.3 is 19.6 Å². The third-order valence-corrected chi connectivity index (χ3v) is 7.97. The number of likely N-dealkylation sites (N-methyl/N-ethyl adjacent to an activating group) is 2. The molecule has 9 heteroatoms. The second kappa shape index (κ2) is 9.35. The molecule has 0 N–H and O–H groups in total. The summed E-state index contributed by atoms with van der Waals surface area (Å²) >= 11 is 0. The van der Waals surface area contributed by atoms with Crippen molar-refractivity contribution in [1.82, 2.24) is 24.4 Å². The van der Waals surface area contributed by atoms with E-state index in [1.165, 1.54) is 18.6 Å². The Morgan fingerprint density at radius 3 is 2.61 bits per heavy atom. The molecule has 0 saturated carbocycles. The van der Waals surface area contributed by atoms with Crippen LogP contribution in [0, 0.1) is 5.82 Å². The summed E-state index contributed by atoms with van der Waals surface area (Å²) in [5, 5.41) is 5.02. The van der Waals surface area contributed by atoms with Gasteiger partial charge in [0, 0.05) is 64.0 Å². The van der Waals surface area contributed by atoms with E-state index in [4.69, 9.17) is 10.1 Å². The third-order valence-electron chi connectivity index (χ3n) is 7.97. The highest BCUT2D eigenvalue weighted by molar-refractivity contribution is 5.96. The highest BCUT2D eigenvalue weighted by atomic mass is 19.1. The Morgan fingerprint density at radius 1 is 0.944 bits per heavy atom. The minimum Gasteiger partial charge on any atom is -0.358 e. The van der Waals surface area contributed by atoms with Crippen LogP contribution in [0.4, 0.5) is 16.0 Å². The molecular weight excluding hydrogens is 457 g/mol. The molecule has 0 unspecified atom stereocenters. The zero-order valence-corrected chi connectivity index (χ0v) is 21.2. The van der Waals surface area contributed by atoms with E-state index in [2.05, 4.69) is 34.9 Å². The van der Waals surface area contributed by atoms with E-state index in [9.17, 15) is 9.18 Å². The third kappa shape index (κ3) is 4.19. The van der Waals surface area contributed by atoms with E-state index in [0.717, 1.165) is 80.5 Å². The van der Waals surface area contributed by atoms with Gasteiger partial charge >= 0.3 is 0 Å². The van der Waals surface area contributed by atoms with Crippen LogP contribution in [-0.4, -0.2) is 83.7 Å². The number of nitrogens with zero attached hydrogens (tertiary/aromatic N) is 7. The maximum atomic E-state index is 14.3. The predicted octanol–water partition coefficient (Wildman–Crippen LogP) is 3.37. The van der Waals surface area contributed by atoms with E-state index in [1.807, 2.05) is 15.5 Å². The van der Waals surface area contributed by atoms with Crippen molar-refractivity contribution in [3.05, 3.63) is 53.0 Å². The Balaban J connectivity index is 1.48. The number of hydrogen-bond acceptors (Lipinski definition) is 6. The number of carbonyl (C=O) groups excluding carboxylic acids is 1. The molecule has 2 fully saturated rings. The zero-order valence-electron chi connectivity index (χ0n) is 21.2. The van der Waals surface area contributed by atoms with Gasteiger partial charge in [0.15, 0.2) is 5.65 Å². The van der Waals surface area contributed by atoms with Gasteiger partial charge in [-0.05, 0) is 56.8 Å². The molecule has 1 aromatic carbocycles. The number of rotatable bonds is 1. The van der Waals surface area contributed by atoms with E-state index in [1.54, 1.807) is 6.07 Å². The number of amides is 1. The van der Waals surface area contributed by atoms with Crippen LogP contribution < -0.4 is 9.80 Å². The maximum Gasteiger partial charge on any atom is 0.254 e. The number of halogens is 1. The molecule has 3 aliphatic heterocycles. The van der Waals surface area contributed by atoms with E-state index in [0.29, 0.717) is 18.5 Å². The van der Waals surface area contributed by atoms with Gasteiger partial charge in [-0.1, -0.05) is 6.07 Å². The summed E-state index contributed by atoms with van der Waals surface area (Å²) in [6.07, 6.45) is 4.70. The Labute approximate surface area is 211 Å². The summed E-state index contributed by atoms with van der Waals surface area (Å²) in [5.41, 5.74) is 3.04. The molecule has 2 aromatic heterocycles. The quantitative estimate of drug-likeness (QED) is 0.520. The maximum absolute atomic E-state index is 14.3. The molecule has 2 saturated heterocycles. The molecule has 0 aliphatic carbocycles. The van der Waals surface area contributed by atoms with E-state index >= 15 is 0 Å². The Hall–Kier alpha value is -3.20. The summed E-state index contributed by atoms with van der Waals surface area (Å²) < 4.78 is 16.3. The first-order valence-corrected chi connectivity index (χ1v) is 13.1. The van der Waals surface area contributed by atoms with Gasteiger partial charge in [-0.15, -0.1) is 0 Å². The number of benzene rings is 1. The van der Waals surface area contributed by atoms with Crippen LogP contribution in [0.15, 0.2) is 30.3 Å². The SMILES string of the molecule is CN1CCc2ccc(F)cc2C(=O)N2CCCC[C@H]2c2cc3nc(N4CCC4)cc(n3n2)N(C)CC1. The fourth-order valence-corrected chi connectivity index (χ4v) is 5.57. The second-order valence-electron chi connectivity index (χ2n) is 10.4. The standard InChI is InChI=1S/C27H34FN7O/c1-31-13-9-19-7-8-20(28)16-21(19)27(36)34-12-4-3-6-23(34)22-17-25-29-24(33-10-5-11-33)18-26(35(25)30-22)32(2)15-14-31/h7-8,16-18,23H,3-6,9-15H2,1-2H3/t23-/m0/s1. The molecule has 6 rings (SSSR count). The summed E-state index contributed by atoms with van der Waals surface area (Å²) in [4.78, 5) is 27.6. The van der Waals surface area contributed by atoms with Crippen molar-refractivity contribution in [3.8, 4) is 0 Å². The van der Waals surface area contributed by atoms with Crippen LogP contribution in [0.1, 0.15) is 53.3 Å². The number of piperidine rings is 1. The lowest BCUT2D eigenvalue weighted by Gasteiger charge is -2.35. The Kier molecular flexibility index (Phi) is 6.03. The second-order valence-corrected chi connectivity index (χ2v) is 10.4. The predicted molar refractivity (Wildman–Crippen MR) is 138 cm³/mol. The number of hydrogen-bond donors (Lipinski definition) is 0. The average molecular weight is 492 g/mol. The lowest BCUT2D eigenvalue weighted by atomic mass is 9.96. The van der Waals surface area contributed by atoms with Crippen molar-refractivity contribution < 1.29 is 9.18 Å². The minimum absolute atomic E-state index is 0.102. The Bertz CT molecular complexity index is 1290. The first-order chi connectivity index (χ1) is 17.5. The highest BCUT2D eigenvalue weighted by Crippen LogP contribution is 2.34. The lowest BCUT2D eigenvalue weighted by Crippen LogP contribution is -2.39. The van der Waals surface area contributed by atoms with Crippen molar-refractivity contribution in [2.75, 3.05) is 63.2 Å². The number of anilines is 2. The van der Waals surface area contributed by atoms with Crippen LogP contribution in [0.2, 0.25) is 0 Å². The topological polar surface area (TPSA) is 60.2 Å². The van der Waals surface area contributed by atoms with E-state index in [-0.39, 0.29) is 17.8 Å². The average Bonchev–Trinajstić information content (AvgIpc) is 3.28. The normalized spacial score (nSPS) is 21.7. The van der Waals surface area contributed by atoms with Crippen LogP contribution in [0.5, 0.6) is 0 Å². The van der Waals surface area contributed by atoms with Gasteiger partial charge in [-0.2, -0.15) is 9.61 Å². The van der Waals surface area contributed by atoms with Gasteiger partial charge in [0.25, 0.3) is 5.91 Å². The first kappa shape index (κ1) is 23.2. The molecule has 0 spiro atoms. The van der Waals surface area contributed by atoms with Crippen LogP contribution in [0.25, 0.3) is 5.65 Å². The molecule has 1 atom stereocenters. The summed E-state index contributed by atoms with van der Waals surface area (Å²) in [5.74, 6) is 1.52. The van der Waals surface area contributed by atoms with Crippen molar-refractivity contribution in [2.45, 2.75) is 38.1 Å². The van der Waals surface area contributed by atoms with Crippen molar-refractivity contribution in [2.24, 2.45) is 0 Å². The van der Waals surface area contributed by atoms with Crippen LogP contribution in [-0.2, 0) is 6.42 Å². The smallest absolute Gasteiger partial charge is 0.254 e. The molecule has 2 bridgehead atoms. The fourth-order valence-electron chi connectivity index (χ4n) is 5.57. The molecule has 0 radical (unpaired) electrons. The molecule has 3 aromatic rings. The molecule has 5 heterocycles. The fraction of sp³-hybridized carbons (Fsp3) is 0.519. The van der Waals surface area contributed by atoms with Crippen molar-refractivity contribution in [1.29, 1.82) is 0 Å². The first-order valence-electron chi connectivity index (χ1n) is 13.1. The molecule has 190 valence electrons. The van der Waals surface area contributed by atoms with Gasteiger partial charge in [0.2, 0.25) is 0 Å². The number of aromatic nitrogens is 3. The van der Waals surface area contributed by atoms with Crippen molar-refractivity contribution >= 4 is 23.2 Å². The van der Waals surface area contributed by atoms with Gasteiger partial charge in [-0.25, -0.2) is 9.37 Å². The van der Waals surface area contributed by atoms with Crippen LogP contribution in [0.3, 0.4) is 0 Å². The molecule has 8 nitrogen and oxygen atoms in total. The number of carbonyl (C=O) groups is 1. The molecule has 1 amide bonds. The molecule has 36 heavy (non-hydrogen) atoms. The Morgan fingerprint density at radius 2 is 1.81 bits per heavy atom. The summed E-state index contributed by atoms with van der Waals surface area (Å²) in [7, 11) is 4.20. The van der Waals surface area contributed by atoms with Crippen molar-refractivity contribution in [3.63, 3.8) is 0 Å². The van der Waals surface area contributed by atoms with Crippen LogP contribution >= 0.6 is 0 Å². The zero-order chi connectivity index (χ0) is 24.8. The summed E-state index contributed by atoms with van der Waals surface area (Å²) in [6.45, 7) is 5.17. The summed E-state index contributed by atoms with van der Waals surface area (Å²) in [6, 6.07) is 8.69. The van der Waals surface area contributed by atoms with Gasteiger partial charge in [0.05, 0.1) is 11.7 Å².